The molecule has 0 aromatic carbocycles. The fourth-order valence-corrected chi connectivity index (χ4v) is 1.64. The van der Waals surface area contributed by atoms with Gasteiger partial charge in [0.25, 0.3) is 0 Å². The Balaban J connectivity index is 2.26. The van der Waals surface area contributed by atoms with E-state index in [1.165, 1.54) is 0 Å². The van der Waals surface area contributed by atoms with Crippen molar-refractivity contribution in [2.75, 3.05) is 34.3 Å². The summed E-state index contributed by atoms with van der Waals surface area (Å²) >= 11 is 0. The Morgan fingerprint density at radius 3 is 2.81 bits per heavy atom. The molecule has 16 heavy (non-hydrogen) atoms. The first-order chi connectivity index (χ1) is 7.54. The van der Waals surface area contributed by atoms with Crippen molar-refractivity contribution in [1.29, 1.82) is 0 Å². The number of carbonyl (C=O) groups excluding carboxylic acids is 1. The van der Waals surface area contributed by atoms with E-state index in [2.05, 4.69) is 22.5 Å². The average Bonchev–Trinajstić information content (AvgIpc) is 2.73. The summed E-state index contributed by atoms with van der Waals surface area (Å²) in [6, 6.07) is 0.253. The molecule has 0 aromatic rings. The number of hydrogen-bond acceptors (Lipinski definition) is 4. The fraction of sp³-hybridized carbons (Fsp3) is 0.909. The molecule has 0 spiro atoms. The Kier molecular flexibility index (Phi) is 5.18. The third kappa shape index (κ3) is 3.73. The van der Waals surface area contributed by atoms with Crippen molar-refractivity contribution in [3.63, 3.8) is 0 Å². The van der Waals surface area contributed by atoms with Crippen LogP contribution in [0.5, 0.6) is 0 Å². The molecule has 3 atom stereocenters. The van der Waals surface area contributed by atoms with Gasteiger partial charge < -0.3 is 20.3 Å². The van der Waals surface area contributed by atoms with Crippen LogP contribution in [-0.4, -0.2) is 63.3 Å². The predicted octanol–water partition coefficient (Wildman–Crippen LogP) is -0.570. The molecule has 94 valence electrons. The van der Waals surface area contributed by atoms with Crippen LogP contribution in [0.4, 0.5) is 0 Å². The van der Waals surface area contributed by atoms with Crippen LogP contribution in [-0.2, 0) is 9.53 Å². The molecule has 0 radical (unpaired) electrons. The predicted molar refractivity (Wildman–Crippen MR) is 63.4 cm³/mol. The molecule has 5 heteroatoms. The van der Waals surface area contributed by atoms with Crippen LogP contribution in [0.25, 0.3) is 0 Å². The first-order valence-electron chi connectivity index (χ1n) is 5.75. The number of hydrogen-bond donors (Lipinski definition) is 2. The van der Waals surface area contributed by atoms with Crippen molar-refractivity contribution in [2.45, 2.75) is 31.5 Å². The Morgan fingerprint density at radius 1 is 1.62 bits per heavy atom. The average molecular weight is 229 g/mol. The van der Waals surface area contributed by atoms with Crippen molar-refractivity contribution in [3.8, 4) is 0 Å². The second-order valence-electron chi connectivity index (χ2n) is 4.61. The minimum Gasteiger partial charge on any atom is -0.380 e. The molecule has 0 aliphatic carbocycles. The van der Waals surface area contributed by atoms with Crippen LogP contribution in [0.3, 0.4) is 0 Å². The number of ether oxygens (including phenoxy) is 1. The van der Waals surface area contributed by atoms with Crippen LogP contribution in [0.15, 0.2) is 0 Å². The molecule has 1 saturated heterocycles. The molecule has 1 amide bonds. The number of nitrogens with one attached hydrogen (secondary N) is 2. The molecule has 1 aliphatic rings. The third-order valence-electron chi connectivity index (χ3n) is 3.19. The molecular formula is C11H23N3O2. The van der Waals surface area contributed by atoms with Crippen molar-refractivity contribution < 1.29 is 9.53 Å². The zero-order chi connectivity index (χ0) is 12.1. The van der Waals surface area contributed by atoms with Gasteiger partial charge >= 0.3 is 0 Å². The summed E-state index contributed by atoms with van der Waals surface area (Å²) in [6.45, 7) is 3.53. The van der Waals surface area contributed by atoms with Crippen molar-refractivity contribution >= 4 is 5.91 Å². The fourth-order valence-electron chi connectivity index (χ4n) is 1.64. The second-order valence-corrected chi connectivity index (χ2v) is 4.61. The molecule has 1 rings (SSSR count). The summed E-state index contributed by atoms with van der Waals surface area (Å²) in [7, 11) is 5.69. The molecule has 0 aromatic heterocycles. The van der Waals surface area contributed by atoms with E-state index in [-0.39, 0.29) is 18.1 Å². The van der Waals surface area contributed by atoms with Gasteiger partial charge in [-0.15, -0.1) is 0 Å². The van der Waals surface area contributed by atoms with Crippen LogP contribution < -0.4 is 10.6 Å². The van der Waals surface area contributed by atoms with Gasteiger partial charge in [0.15, 0.2) is 0 Å². The van der Waals surface area contributed by atoms with Gasteiger partial charge in [-0.25, -0.2) is 0 Å². The van der Waals surface area contributed by atoms with Crippen molar-refractivity contribution in [3.05, 3.63) is 0 Å². The third-order valence-corrected chi connectivity index (χ3v) is 3.19. The molecule has 1 aliphatic heterocycles. The lowest BCUT2D eigenvalue weighted by atomic mass is 10.2. The molecule has 0 saturated carbocycles. The van der Waals surface area contributed by atoms with Crippen molar-refractivity contribution in [2.24, 2.45) is 0 Å². The Hall–Kier alpha value is -0.650. The minimum atomic E-state index is -0.0979. The van der Waals surface area contributed by atoms with Gasteiger partial charge in [0.2, 0.25) is 5.91 Å². The highest BCUT2D eigenvalue weighted by Crippen LogP contribution is 2.09. The number of amides is 1. The summed E-state index contributed by atoms with van der Waals surface area (Å²) in [6.07, 6.45) is 0.931. The van der Waals surface area contributed by atoms with E-state index < -0.39 is 0 Å². The lowest BCUT2D eigenvalue weighted by Gasteiger charge is -2.21. The van der Waals surface area contributed by atoms with E-state index in [4.69, 9.17) is 4.74 Å². The molecule has 0 bridgehead atoms. The number of methoxy groups -OCH3 is 1. The lowest BCUT2D eigenvalue weighted by molar-refractivity contribution is -0.123. The molecule has 1 heterocycles. The zero-order valence-electron chi connectivity index (χ0n) is 10.6. The maximum Gasteiger partial charge on any atom is 0.237 e. The van der Waals surface area contributed by atoms with Crippen LogP contribution in [0.2, 0.25) is 0 Å². The largest absolute Gasteiger partial charge is 0.380 e. The van der Waals surface area contributed by atoms with E-state index in [0.717, 1.165) is 13.0 Å². The molecular weight excluding hydrogens is 206 g/mol. The van der Waals surface area contributed by atoms with E-state index in [9.17, 15) is 4.79 Å². The highest BCUT2D eigenvalue weighted by Gasteiger charge is 2.29. The number of likely N-dealkylation sites (N-methyl/N-ethyl adjacent to an activating group) is 1. The van der Waals surface area contributed by atoms with Gasteiger partial charge in [-0.3, -0.25) is 4.79 Å². The van der Waals surface area contributed by atoms with Crippen molar-refractivity contribution in [1.82, 2.24) is 15.5 Å². The van der Waals surface area contributed by atoms with E-state index in [1.807, 2.05) is 14.1 Å². The Labute approximate surface area is 97.5 Å². The standard InChI is InChI=1S/C11H23N3O2/c1-8(14(2)3)6-13-11(15)10-5-9(16-4)7-12-10/h8-10,12H,5-7H2,1-4H3,(H,13,15). The number of nitrogens with zero attached hydrogens (tertiary/aromatic N) is 1. The van der Waals surface area contributed by atoms with Crippen LogP contribution in [0.1, 0.15) is 13.3 Å². The van der Waals surface area contributed by atoms with Gasteiger partial charge in [-0.2, -0.15) is 0 Å². The molecule has 2 N–H and O–H groups in total. The highest BCUT2D eigenvalue weighted by atomic mass is 16.5. The van der Waals surface area contributed by atoms with Gasteiger partial charge in [0.1, 0.15) is 0 Å². The normalized spacial score (nSPS) is 27.1. The van der Waals surface area contributed by atoms with Crippen LogP contribution >= 0.6 is 0 Å². The smallest absolute Gasteiger partial charge is 0.237 e. The SMILES string of the molecule is COC1CNC(C(=O)NCC(C)N(C)C)C1. The first-order valence-corrected chi connectivity index (χ1v) is 5.75. The second kappa shape index (κ2) is 6.18. The van der Waals surface area contributed by atoms with Gasteiger partial charge in [-0.1, -0.05) is 0 Å². The van der Waals surface area contributed by atoms with Gasteiger partial charge in [0.05, 0.1) is 12.1 Å². The number of rotatable bonds is 5. The quantitative estimate of drug-likeness (QED) is 0.663. The highest BCUT2D eigenvalue weighted by molar-refractivity contribution is 5.82. The Morgan fingerprint density at radius 2 is 2.31 bits per heavy atom. The lowest BCUT2D eigenvalue weighted by Crippen LogP contribution is -2.45. The van der Waals surface area contributed by atoms with E-state index in [0.29, 0.717) is 12.6 Å². The minimum absolute atomic E-state index is 0.0771. The van der Waals surface area contributed by atoms with E-state index in [1.54, 1.807) is 7.11 Å². The summed E-state index contributed by atoms with van der Waals surface area (Å²) in [4.78, 5) is 13.9. The molecule has 1 fully saturated rings. The Bertz CT molecular complexity index is 233. The molecule has 5 nitrogen and oxygen atoms in total. The van der Waals surface area contributed by atoms with Crippen LogP contribution in [0, 0.1) is 0 Å². The van der Waals surface area contributed by atoms with Gasteiger partial charge in [-0.05, 0) is 27.4 Å². The van der Waals surface area contributed by atoms with E-state index >= 15 is 0 Å². The first kappa shape index (κ1) is 13.4. The number of carbonyl (C=O) groups is 1. The summed E-state index contributed by atoms with van der Waals surface area (Å²) < 4.78 is 5.20. The summed E-state index contributed by atoms with van der Waals surface area (Å²) in [5, 5.41) is 6.11. The zero-order valence-corrected chi connectivity index (χ0v) is 10.6. The maximum absolute atomic E-state index is 11.8. The summed E-state index contributed by atoms with van der Waals surface area (Å²) in [5.41, 5.74) is 0. The van der Waals surface area contributed by atoms with Gasteiger partial charge in [0, 0.05) is 26.2 Å². The maximum atomic E-state index is 11.8. The monoisotopic (exact) mass is 229 g/mol. The summed E-state index contributed by atoms with van der Waals surface area (Å²) in [5.74, 6) is 0.0771. The topological polar surface area (TPSA) is 53.6 Å². The molecule has 3 unspecified atom stereocenters.